The molecule has 1 unspecified atom stereocenters. The van der Waals surface area contributed by atoms with Gasteiger partial charge in [-0.05, 0) is 25.1 Å². The predicted octanol–water partition coefficient (Wildman–Crippen LogP) is 3.39. The molecule has 3 aromatic heterocycles. The number of pyridine rings is 2. The van der Waals surface area contributed by atoms with E-state index >= 15 is 0 Å². The Balaban J connectivity index is 1.75. The lowest BCUT2D eigenvalue weighted by atomic mass is 10.3. The molecule has 0 aliphatic rings. The quantitative estimate of drug-likeness (QED) is 0.668. The van der Waals surface area contributed by atoms with Gasteiger partial charge >= 0.3 is 0 Å². The molecule has 0 bridgehead atoms. The molecule has 0 saturated heterocycles. The van der Waals surface area contributed by atoms with Crippen molar-refractivity contribution in [3.63, 3.8) is 0 Å². The summed E-state index contributed by atoms with van der Waals surface area (Å²) in [5.74, 6) is 1.62. The summed E-state index contributed by atoms with van der Waals surface area (Å²) in [4.78, 5) is 12.8. The van der Waals surface area contributed by atoms with Gasteiger partial charge in [-0.2, -0.15) is 4.98 Å². The van der Waals surface area contributed by atoms with Crippen LogP contribution in [0.3, 0.4) is 0 Å². The van der Waals surface area contributed by atoms with Crippen LogP contribution < -0.4 is 4.74 Å². The molecule has 3 rings (SSSR count). The van der Waals surface area contributed by atoms with Gasteiger partial charge in [0.2, 0.25) is 17.6 Å². The monoisotopic (exact) mass is 314 g/mol. The first-order valence-corrected chi connectivity index (χ1v) is 7.56. The van der Waals surface area contributed by atoms with Gasteiger partial charge in [-0.15, -0.1) is 0 Å². The van der Waals surface area contributed by atoms with E-state index in [1.54, 1.807) is 37.3 Å². The lowest BCUT2D eigenvalue weighted by Gasteiger charge is -2.04. The standard InChI is InChI=1S/C15H14N4O2S/c1-10(22-13-5-3-4-8-16-13)15-18-14(19-21-15)11-6-7-12(20-2)17-9-11/h3-10H,1-2H3. The van der Waals surface area contributed by atoms with Gasteiger partial charge < -0.3 is 9.26 Å². The molecule has 0 spiro atoms. The highest BCUT2D eigenvalue weighted by molar-refractivity contribution is 7.99. The summed E-state index contributed by atoms with van der Waals surface area (Å²) in [6.45, 7) is 2.00. The van der Waals surface area contributed by atoms with Crippen molar-refractivity contribution in [1.82, 2.24) is 20.1 Å². The molecular formula is C15H14N4O2S. The van der Waals surface area contributed by atoms with Crippen molar-refractivity contribution in [2.24, 2.45) is 0 Å². The topological polar surface area (TPSA) is 73.9 Å². The molecule has 7 heteroatoms. The Hall–Kier alpha value is -2.41. The van der Waals surface area contributed by atoms with Gasteiger partial charge in [-0.3, -0.25) is 0 Å². The van der Waals surface area contributed by atoms with Gasteiger partial charge in [0.1, 0.15) is 0 Å². The van der Waals surface area contributed by atoms with E-state index < -0.39 is 0 Å². The highest BCUT2D eigenvalue weighted by atomic mass is 32.2. The van der Waals surface area contributed by atoms with Crippen molar-refractivity contribution in [3.05, 3.63) is 48.6 Å². The minimum Gasteiger partial charge on any atom is -0.481 e. The van der Waals surface area contributed by atoms with E-state index in [9.17, 15) is 0 Å². The molecule has 0 fully saturated rings. The molecule has 3 aromatic rings. The molecule has 0 aliphatic carbocycles. The van der Waals surface area contributed by atoms with E-state index in [2.05, 4.69) is 20.1 Å². The van der Waals surface area contributed by atoms with E-state index in [-0.39, 0.29) is 5.25 Å². The lowest BCUT2D eigenvalue weighted by molar-refractivity contribution is 0.380. The number of aromatic nitrogens is 4. The van der Waals surface area contributed by atoms with Gasteiger partial charge in [0.25, 0.3) is 0 Å². The predicted molar refractivity (Wildman–Crippen MR) is 82.6 cm³/mol. The van der Waals surface area contributed by atoms with Crippen LogP contribution in [-0.2, 0) is 0 Å². The first-order valence-electron chi connectivity index (χ1n) is 6.68. The Kier molecular flexibility index (Phi) is 4.34. The summed E-state index contributed by atoms with van der Waals surface area (Å²) in [7, 11) is 1.57. The summed E-state index contributed by atoms with van der Waals surface area (Å²) >= 11 is 1.57. The van der Waals surface area contributed by atoms with Crippen LogP contribution in [0.4, 0.5) is 0 Å². The maximum atomic E-state index is 5.34. The molecule has 0 N–H and O–H groups in total. The average Bonchev–Trinajstić information content (AvgIpc) is 3.06. The molecule has 0 saturated carbocycles. The number of rotatable bonds is 5. The van der Waals surface area contributed by atoms with Crippen LogP contribution in [0.25, 0.3) is 11.4 Å². The second kappa shape index (κ2) is 6.57. The molecule has 0 aromatic carbocycles. The second-order valence-electron chi connectivity index (χ2n) is 4.47. The third kappa shape index (κ3) is 3.25. The van der Waals surface area contributed by atoms with E-state index in [1.807, 2.05) is 31.2 Å². The van der Waals surface area contributed by atoms with Crippen LogP contribution in [0.15, 0.2) is 52.3 Å². The van der Waals surface area contributed by atoms with Crippen LogP contribution in [0.5, 0.6) is 5.88 Å². The first-order chi connectivity index (χ1) is 10.8. The minimum absolute atomic E-state index is 0.0161. The number of hydrogen-bond donors (Lipinski definition) is 0. The van der Waals surface area contributed by atoms with Crippen molar-refractivity contribution in [3.8, 4) is 17.3 Å². The number of nitrogens with zero attached hydrogens (tertiary/aromatic N) is 4. The maximum absolute atomic E-state index is 5.34. The van der Waals surface area contributed by atoms with Crippen molar-refractivity contribution in [2.45, 2.75) is 17.2 Å². The maximum Gasteiger partial charge on any atom is 0.240 e. The van der Waals surface area contributed by atoms with Gasteiger partial charge in [0.05, 0.1) is 17.4 Å². The number of ether oxygens (including phenoxy) is 1. The van der Waals surface area contributed by atoms with Crippen molar-refractivity contribution in [2.75, 3.05) is 7.11 Å². The molecule has 22 heavy (non-hydrogen) atoms. The van der Waals surface area contributed by atoms with Gasteiger partial charge in [-0.1, -0.05) is 23.0 Å². The number of hydrogen-bond acceptors (Lipinski definition) is 7. The van der Waals surface area contributed by atoms with Gasteiger partial charge in [0, 0.05) is 24.0 Å². The minimum atomic E-state index is 0.0161. The fraction of sp³-hybridized carbons (Fsp3) is 0.200. The Bertz CT molecular complexity index is 731. The SMILES string of the molecule is COc1ccc(-c2noc(C(C)Sc3ccccn3)n2)cn1. The van der Waals surface area contributed by atoms with E-state index in [0.29, 0.717) is 17.6 Å². The Labute approximate surface area is 132 Å². The largest absolute Gasteiger partial charge is 0.481 e. The molecule has 0 aliphatic heterocycles. The first kappa shape index (κ1) is 14.5. The molecular weight excluding hydrogens is 300 g/mol. The van der Waals surface area contributed by atoms with Crippen LogP contribution in [-0.4, -0.2) is 27.2 Å². The molecule has 1 atom stereocenters. The van der Waals surface area contributed by atoms with Crippen LogP contribution in [0.1, 0.15) is 18.1 Å². The third-order valence-corrected chi connectivity index (χ3v) is 3.97. The molecule has 112 valence electrons. The fourth-order valence-corrected chi connectivity index (χ4v) is 2.64. The molecule has 0 amide bonds. The van der Waals surface area contributed by atoms with Crippen LogP contribution in [0, 0.1) is 0 Å². The zero-order valence-electron chi connectivity index (χ0n) is 12.1. The van der Waals surface area contributed by atoms with Gasteiger partial charge in [-0.25, -0.2) is 9.97 Å². The summed E-state index contributed by atoms with van der Waals surface area (Å²) < 4.78 is 10.4. The molecule has 0 radical (unpaired) electrons. The molecule has 3 heterocycles. The van der Waals surface area contributed by atoms with Crippen molar-refractivity contribution in [1.29, 1.82) is 0 Å². The zero-order valence-corrected chi connectivity index (χ0v) is 12.9. The summed E-state index contributed by atoms with van der Waals surface area (Å²) in [6, 6.07) is 9.39. The summed E-state index contributed by atoms with van der Waals surface area (Å²) in [5.41, 5.74) is 0.783. The summed E-state index contributed by atoms with van der Waals surface area (Å²) in [5, 5.41) is 4.94. The average molecular weight is 314 g/mol. The number of methoxy groups -OCH3 is 1. The number of thioether (sulfide) groups is 1. The van der Waals surface area contributed by atoms with E-state index in [1.165, 1.54) is 0 Å². The smallest absolute Gasteiger partial charge is 0.240 e. The Morgan fingerprint density at radius 1 is 1.18 bits per heavy atom. The second-order valence-corrected chi connectivity index (χ2v) is 5.83. The normalized spacial score (nSPS) is 12.1. The van der Waals surface area contributed by atoms with Crippen LogP contribution >= 0.6 is 11.8 Å². The van der Waals surface area contributed by atoms with Crippen molar-refractivity contribution < 1.29 is 9.26 Å². The Morgan fingerprint density at radius 2 is 2.09 bits per heavy atom. The van der Waals surface area contributed by atoms with Crippen molar-refractivity contribution >= 4 is 11.8 Å². The fourth-order valence-electron chi connectivity index (χ4n) is 1.80. The van der Waals surface area contributed by atoms with Gasteiger partial charge in [0.15, 0.2) is 0 Å². The van der Waals surface area contributed by atoms with E-state index in [0.717, 1.165) is 10.6 Å². The third-order valence-electron chi connectivity index (χ3n) is 2.93. The highest BCUT2D eigenvalue weighted by Gasteiger charge is 2.17. The lowest BCUT2D eigenvalue weighted by Crippen LogP contribution is -1.91. The Morgan fingerprint density at radius 3 is 2.77 bits per heavy atom. The molecule has 6 nitrogen and oxygen atoms in total. The zero-order chi connectivity index (χ0) is 15.4. The van der Waals surface area contributed by atoms with E-state index in [4.69, 9.17) is 9.26 Å². The van der Waals surface area contributed by atoms with Crippen LogP contribution in [0.2, 0.25) is 0 Å². The highest BCUT2D eigenvalue weighted by Crippen LogP contribution is 2.33. The summed E-state index contributed by atoms with van der Waals surface area (Å²) in [6.07, 6.45) is 3.42.